The molecule has 4 nitrogen and oxygen atoms in total. The molecule has 1 amide bonds. The van der Waals surface area contributed by atoms with Gasteiger partial charge in [-0.2, -0.15) is 0 Å². The number of hydrogen-bond acceptors (Lipinski definition) is 3. The van der Waals surface area contributed by atoms with Crippen molar-refractivity contribution in [3.63, 3.8) is 0 Å². The molecule has 2 N–H and O–H groups in total. The Kier molecular flexibility index (Phi) is 6.22. The Labute approximate surface area is 142 Å². The quantitative estimate of drug-likeness (QED) is 0.770. The van der Waals surface area contributed by atoms with Crippen molar-refractivity contribution in [1.82, 2.24) is 4.90 Å². The fourth-order valence-corrected chi connectivity index (χ4v) is 4.29. The van der Waals surface area contributed by atoms with Gasteiger partial charge in [0.05, 0.1) is 12.2 Å². The maximum atomic E-state index is 12.2. The monoisotopic (exact) mass is 418 g/mol. The van der Waals surface area contributed by atoms with Gasteiger partial charge in [-0.3, -0.25) is 9.69 Å². The van der Waals surface area contributed by atoms with E-state index in [9.17, 15) is 4.79 Å². The number of nitrogens with zero attached hydrogens (tertiary/aromatic N) is 1. The van der Waals surface area contributed by atoms with E-state index in [-0.39, 0.29) is 12.5 Å². The summed E-state index contributed by atoms with van der Waals surface area (Å²) in [5.74, 6) is 0.505. The molecule has 116 valence electrons. The number of likely N-dealkylation sites (tertiary alicyclic amines) is 1. The summed E-state index contributed by atoms with van der Waals surface area (Å²) in [5, 5.41) is 11.9. The Morgan fingerprint density at radius 1 is 1.43 bits per heavy atom. The van der Waals surface area contributed by atoms with Gasteiger partial charge in [0, 0.05) is 22.1 Å². The molecule has 1 fully saturated rings. The molecule has 1 unspecified atom stereocenters. The van der Waals surface area contributed by atoms with Crippen LogP contribution in [0.3, 0.4) is 0 Å². The lowest BCUT2D eigenvalue weighted by Crippen LogP contribution is -2.31. The molecule has 0 bridgehead atoms. The summed E-state index contributed by atoms with van der Waals surface area (Å²) in [6.07, 6.45) is 1.89. The number of anilines is 1. The Balaban J connectivity index is 1.91. The van der Waals surface area contributed by atoms with Crippen LogP contribution in [0.4, 0.5) is 5.69 Å². The van der Waals surface area contributed by atoms with E-state index >= 15 is 0 Å². The molecule has 1 saturated heterocycles. The second-order valence-corrected chi connectivity index (χ2v) is 7.26. The van der Waals surface area contributed by atoms with Crippen LogP contribution in [-0.2, 0) is 4.79 Å². The molecule has 6 heteroatoms. The lowest BCUT2D eigenvalue weighted by Gasteiger charge is -2.17. The van der Waals surface area contributed by atoms with Crippen molar-refractivity contribution in [2.45, 2.75) is 19.8 Å². The normalized spacial score (nSPS) is 19.0. The van der Waals surface area contributed by atoms with E-state index in [0.717, 1.165) is 46.1 Å². The highest BCUT2D eigenvalue weighted by molar-refractivity contribution is 9.11. The van der Waals surface area contributed by atoms with Crippen LogP contribution in [0.2, 0.25) is 0 Å². The van der Waals surface area contributed by atoms with Crippen molar-refractivity contribution in [2.75, 3.05) is 31.6 Å². The van der Waals surface area contributed by atoms with Crippen LogP contribution in [0.1, 0.15) is 18.4 Å². The number of nitrogens with one attached hydrogen (secondary N) is 1. The van der Waals surface area contributed by atoms with Crippen LogP contribution in [0, 0.1) is 12.8 Å². The number of amides is 1. The summed E-state index contributed by atoms with van der Waals surface area (Å²) >= 11 is 6.97. The summed E-state index contributed by atoms with van der Waals surface area (Å²) in [6, 6.07) is 3.96. The summed E-state index contributed by atoms with van der Waals surface area (Å²) in [7, 11) is 0. The summed E-state index contributed by atoms with van der Waals surface area (Å²) in [6.45, 7) is 4.45. The topological polar surface area (TPSA) is 52.6 Å². The number of hydrogen-bond donors (Lipinski definition) is 2. The molecular weight excluding hydrogens is 400 g/mol. The Morgan fingerprint density at radius 2 is 2.10 bits per heavy atom. The lowest BCUT2D eigenvalue weighted by atomic mass is 10.1. The molecule has 1 aromatic carbocycles. The summed E-state index contributed by atoms with van der Waals surface area (Å²) < 4.78 is 1.75. The maximum absolute atomic E-state index is 12.2. The third-order valence-electron chi connectivity index (χ3n) is 3.73. The molecule has 1 aliphatic rings. The van der Waals surface area contributed by atoms with Crippen LogP contribution in [-0.4, -0.2) is 42.2 Å². The number of rotatable bonds is 5. The zero-order valence-electron chi connectivity index (χ0n) is 12.0. The van der Waals surface area contributed by atoms with E-state index in [0.29, 0.717) is 12.5 Å². The van der Waals surface area contributed by atoms with E-state index in [1.54, 1.807) is 0 Å². The molecule has 2 rings (SSSR count). The minimum absolute atomic E-state index is 0.00935. The molecule has 1 aromatic rings. The van der Waals surface area contributed by atoms with E-state index in [1.165, 1.54) is 0 Å². The molecule has 0 radical (unpaired) electrons. The van der Waals surface area contributed by atoms with Gasteiger partial charge >= 0.3 is 0 Å². The molecule has 21 heavy (non-hydrogen) atoms. The van der Waals surface area contributed by atoms with Crippen molar-refractivity contribution < 1.29 is 9.90 Å². The number of carbonyl (C=O) groups excluding carboxylic acids is 1. The molecule has 0 saturated carbocycles. The molecule has 0 spiro atoms. The molecule has 1 atom stereocenters. The maximum Gasteiger partial charge on any atom is 0.238 e. The number of aliphatic hydroxyl groups is 1. The second-order valence-electron chi connectivity index (χ2n) is 5.55. The Bertz CT molecular complexity index is 499. The molecule has 0 aliphatic carbocycles. The molecule has 1 heterocycles. The van der Waals surface area contributed by atoms with Gasteiger partial charge in [-0.1, -0.05) is 0 Å². The summed E-state index contributed by atoms with van der Waals surface area (Å²) in [5.41, 5.74) is 1.90. The zero-order chi connectivity index (χ0) is 15.4. The SMILES string of the molecule is Cc1cc(Br)c(NC(=O)CN2CCC(CCO)C2)c(Br)c1. The predicted molar refractivity (Wildman–Crippen MR) is 91.5 cm³/mol. The van der Waals surface area contributed by atoms with Crippen molar-refractivity contribution in [3.05, 3.63) is 26.6 Å². The summed E-state index contributed by atoms with van der Waals surface area (Å²) in [4.78, 5) is 14.3. The third-order valence-corrected chi connectivity index (χ3v) is 4.98. The fraction of sp³-hybridized carbons (Fsp3) is 0.533. The fourth-order valence-electron chi connectivity index (χ4n) is 2.68. The van der Waals surface area contributed by atoms with Crippen LogP contribution in [0.25, 0.3) is 0 Å². The van der Waals surface area contributed by atoms with Gasteiger partial charge < -0.3 is 10.4 Å². The molecular formula is C15H20Br2N2O2. The largest absolute Gasteiger partial charge is 0.396 e. The average molecular weight is 420 g/mol. The zero-order valence-corrected chi connectivity index (χ0v) is 15.2. The van der Waals surface area contributed by atoms with Gasteiger partial charge in [-0.05, 0) is 81.8 Å². The standard InChI is InChI=1S/C15H20Br2N2O2/c1-10-6-12(16)15(13(17)7-10)18-14(21)9-19-4-2-11(8-19)3-5-20/h6-7,11,20H,2-5,8-9H2,1H3,(H,18,21). The predicted octanol–water partition coefficient (Wildman–Crippen LogP) is 3.16. The minimum atomic E-state index is -0.00935. The number of halogens is 2. The van der Waals surface area contributed by atoms with Gasteiger partial charge in [0.15, 0.2) is 0 Å². The van der Waals surface area contributed by atoms with Gasteiger partial charge in [0.2, 0.25) is 5.91 Å². The minimum Gasteiger partial charge on any atom is -0.396 e. The van der Waals surface area contributed by atoms with E-state index in [4.69, 9.17) is 5.11 Å². The number of carbonyl (C=O) groups is 1. The first-order valence-electron chi connectivity index (χ1n) is 7.08. The molecule has 1 aliphatic heterocycles. The highest BCUT2D eigenvalue weighted by Crippen LogP contribution is 2.32. The van der Waals surface area contributed by atoms with E-state index < -0.39 is 0 Å². The highest BCUT2D eigenvalue weighted by atomic mass is 79.9. The lowest BCUT2D eigenvalue weighted by molar-refractivity contribution is -0.117. The van der Waals surface area contributed by atoms with Crippen molar-refractivity contribution in [1.29, 1.82) is 0 Å². The van der Waals surface area contributed by atoms with Gasteiger partial charge in [-0.25, -0.2) is 0 Å². The van der Waals surface area contributed by atoms with Gasteiger partial charge in [0.1, 0.15) is 0 Å². The van der Waals surface area contributed by atoms with Gasteiger partial charge in [-0.15, -0.1) is 0 Å². The smallest absolute Gasteiger partial charge is 0.238 e. The third kappa shape index (κ3) is 4.77. The number of aliphatic hydroxyl groups excluding tert-OH is 1. The molecule has 0 aromatic heterocycles. The number of benzene rings is 1. The van der Waals surface area contributed by atoms with Crippen LogP contribution < -0.4 is 5.32 Å². The Hall–Kier alpha value is -0.430. The van der Waals surface area contributed by atoms with E-state index in [2.05, 4.69) is 42.1 Å². The van der Waals surface area contributed by atoms with Crippen molar-refractivity contribution in [3.8, 4) is 0 Å². The van der Waals surface area contributed by atoms with Gasteiger partial charge in [0.25, 0.3) is 0 Å². The van der Waals surface area contributed by atoms with Crippen LogP contribution >= 0.6 is 31.9 Å². The van der Waals surface area contributed by atoms with Crippen molar-refractivity contribution in [2.24, 2.45) is 5.92 Å². The van der Waals surface area contributed by atoms with Crippen LogP contribution in [0.15, 0.2) is 21.1 Å². The van der Waals surface area contributed by atoms with E-state index in [1.807, 2.05) is 19.1 Å². The van der Waals surface area contributed by atoms with Crippen molar-refractivity contribution >= 4 is 43.5 Å². The Morgan fingerprint density at radius 3 is 2.71 bits per heavy atom. The highest BCUT2D eigenvalue weighted by Gasteiger charge is 2.23. The first-order chi connectivity index (χ1) is 9.99. The first-order valence-corrected chi connectivity index (χ1v) is 8.67. The first kappa shape index (κ1) is 16.9. The average Bonchev–Trinajstić information content (AvgIpc) is 2.81. The van der Waals surface area contributed by atoms with Crippen LogP contribution in [0.5, 0.6) is 0 Å². The second kappa shape index (κ2) is 7.72. The number of aryl methyl sites for hydroxylation is 1.